The maximum absolute atomic E-state index is 10.6. The van der Waals surface area contributed by atoms with Crippen LogP contribution in [0.1, 0.15) is 20.3 Å². The Morgan fingerprint density at radius 3 is 2.07 bits per heavy atom. The van der Waals surface area contributed by atoms with Crippen LogP contribution in [0.4, 0.5) is 0 Å². The van der Waals surface area contributed by atoms with Crippen LogP contribution in [-0.4, -0.2) is 28.8 Å². The second kappa shape index (κ2) is 6.01. The molecule has 0 atom stereocenters. The fourth-order valence-corrected chi connectivity index (χ4v) is 0.969. The van der Waals surface area contributed by atoms with Gasteiger partial charge in [-0.05, 0) is 18.9 Å². The lowest BCUT2D eigenvalue weighted by Gasteiger charge is -2.10. The first-order chi connectivity index (χ1) is 6.54. The van der Waals surface area contributed by atoms with Crippen LogP contribution in [0.5, 0.6) is 0 Å². The molecule has 0 aromatic heterocycles. The number of hydrogen-bond donors (Lipinski definition) is 2. The normalized spacial score (nSPS) is 11.5. The Kier molecular flexibility index (Phi) is 5.36. The lowest BCUT2D eigenvalue weighted by molar-refractivity contribution is -0.152. The third-order valence-corrected chi connectivity index (χ3v) is 1.67. The lowest BCUT2D eigenvalue weighted by atomic mass is 9.98. The zero-order valence-electron chi connectivity index (χ0n) is 8.19. The van der Waals surface area contributed by atoms with Crippen molar-refractivity contribution in [3.8, 4) is 0 Å². The van der Waals surface area contributed by atoms with Crippen LogP contribution >= 0.6 is 0 Å². The summed E-state index contributed by atoms with van der Waals surface area (Å²) in [6.45, 7) is 3.81. The summed E-state index contributed by atoms with van der Waals surface area (Å²) in [5.74, 6) is -4.25. The number of carboxylic acid groups (broad SMARTS) is 2. The van der Waals surface area contributed by atoms with Gasteiger partial charge < -0.3 is 14.9 Å². The van der Waals surface area contributed by atoms with Crippen molar-refractivity contribution in [2.45, 2.75) is 20.3 Å². The Hall–Kier alpha value is -1.52. The number of ether oxygens (including phenoxy) is 1. The van der Waals surface area contributed by atoms with E-state index >= 15 is 0 Å². The molecule has 0 unspecified atom stereocenters. The Morgan fingerprint density at radius 1 is 1.29 bits per heavy atom. The zero-order chi connectivity index (χ0) is 11.1. The van der Waals surface area contributed by atoms with E-state index in [0.29, 0.717) is 13.0 Å². The van der Waals surface area contributed by atoms with Crippen molar-refractivity contribution in [3.63, 3.8) is 0 Å². The Bertz CT molecular complexity index is 230. The van der Waals surface area contributed by atoms with Gasteiger partial charge in [0.25, 0.3) is 0 Å². The molecule has 14 heavy (non-hydrogen) atoms. The van der Waals surface area contributed by atoms with E-state index in [1.807, 2.05) is 0 Å². The zero-order valence-corrected chi connectivity index (χ0v) is 8.19. The summed E-state index contributed by atoms with van der Waals surface area (Å²) in [4.78, 5) is 21.3. The molecule has 0 spiro atoms. The molecule has 0 saturated carbocycles. The van der Waals surface area contributed by atoms with E-state index in [0.717, 1.165) is 0 Å². The molecule has 5 nitrogen and oxygen atoms in total. The first-order valence-corrected chi connectivity index (χ1v) is 4.30. The largest absolute Gasteiger partial charge is 0.501 e. The maximum Gasteiger partial charge on any atom is 0.322 e. The van der Waals surface area contributed by atoms with Crippen LogP contribution in [-0.2, 0) is 14.3 Å². The van der Waals surface area contributed by atoms with E-state index in [4.69, 9.17) is 14.9 Å². The van der Waals surface area contributed by atoms with Gasteiger partial charge in [-0.1, -0.05) is 6.92 Å². The lowest BCUT2D eigenvalue weighted by Crippen LogP contribution is -2.25. The molecule has 0 rings (SSSR count). The molecular weight excluding hydrogens is 188 g/mol. The van der Waals surface area contributed by atoms with Gasteiger partial charge in [0.1, 0.15) is 0 Å². The van der Waals surface area contributed by atoms with Crippen LogP contribution in [0.2, 0.25) is 0 Å². The first-order valence-electron chi connectivity index (χ1n) is 4.30. The van der Waals surface area contributed by atoms with Gasteiger partial charge in [-0.15, -0.1) is 0 Å². The molecule has 80 valence electrons. The quantitative estimate of drug-likeness (QED) is 0.497. The molecule has 0 radical (unpaired) electrons. The summed E-state index contributed by atoms with van der Waals surface area (Å²) in [6.07, 6.45) is 1.55. The Labute approximate surface area is 82.0 Å². The average molecular weight is 202 g/mol. The molecule has 0 fully saturated rings. The SMILES string of the molecule is CCOC=C(CC)C(C(=O)O)C(=O)O. The number of carboxylic acids is 2. The molecule has 0 bridgehead atoms. The molecule has 0 aliphatic heterocycles. The van der Waals surface area contributed by atoms with Crippen molar-refractivity contribution < 1.29 is 24.5 Å². The predicted molar refractivity (Wildman–Crippen MR) is 48.8 cm³/mol. The monoisotopic (exact) mass is 202 g/mol. The molecule has 0 saturated heterocycles. The summed E-state index contributed by atoms with van der Waals surface area (Å²) in [6, 6.07) is 0. The smallest absolute Gasteiger partial charge is 0.322 e. The van der Waals surface area contributed by atoms with Crippen molar-refractivity contribution in [2.75, 3.05) is 6.61 Å². The van der Waals surface area contributed by atoms with Crippen LogP contribution < -0.4 is 0 Å². The van der Waals surface area contributed by atoms with Gasteiger partial charge in [0.15, 0.2) is 5.92 Å². The highest BCUT2D eigenvalue weighted by atomic mass is 16.5. The van der Waals surface area contributed by atoms with E-state index in [-0.39, 0.29) is 5.57 Å². The summed E-state index contributed by atoms with van der Waals surface area (Å²) < 4.78 is 4.88. The average Bonchev–Trinajstić information content (AvgIpc) is 2.10. The van der Waals surface area contributed by atoms with Gasteiger partial charge in [-0.3, -0.25) is 9.59 Å². The van der Waals surface area contributed by atoms with Gasteiger partial charge in [-0.2, -0.15) is 0 Å². The maximum atomic E-state index is 10.6. The molecule has 0 aromatic rings. The Balaban J connectivity index is 4.76. The van der Waals surface area contributed by atoms with E-state index in [1.165, 1.54) is 6.26 Å². The number of rotatable bonds is 6. The van der Waals surface area contributed by atoms with Crippen molar-refractivity contribution in [2.24, 2.45) is 5.92 Å². The standard InChI is InChI=1S/C9H14O5/c1-3-6(5-14-4-2)7(8(10)11)9(12)13/h5,7H,3-4H2,1-2H3,(H,10,11)(H,12,13). The van der Waals surface area contributed by atoms with E-state index in [2.05, 4.69) is 0 Å². The summed E-state index contributed by atoms with van der Waals surface area (Å²) in [5, 5.41) is 17.3. The highest BCUT2D eigenvalue weighted by Gasteiger charge is 2.29. The van der Waals surface area contributed by atoms with Crippen molar-refractivity contribution in [1.82, 2.24) is 0 Å². The molecule has 0 aromatic carbocycles. The molecule has 0 heterocycles. The molecule has 5 heteroatoms. The first kappa shape index (κ1) is 12.5. The molecule has 0 aliphatic rings. The van der Waals surface area contributed by atoms with Crippen LogP contribution in [0.25, 0.3) is 0 Å². The fourth-order valence-electron chi connectivity index (χ4n) is 0.969. The third kappa shape index (κ3) is 3.47. The van der Waals surface area contributed by atoms with Gasteiger partial charge >= 0.3 is 11.9 Å². The second-order valence-electron chi connectivity index (χ2n) is 2.61. The van der Waals surface area contributed by atoms with E-state index < -0.39 is 17.9 Å². The molecule has 0 aliphatic carbocycles. The third-order valence-electron chi connectivity index (χ3n) is 1.67. The molecule has 2 N–H and O–H groups in total. The van der Waals surface area contributed by atoms with Gasteiger partial charge in [0.05, 0.1) is 12.9 Å². The summed E-state index contributed by atoms with van der Waals surface area (Å²) in [7, 11) is 0. The Morgan fingerprint density at radius 2 is 1.79 bits per heavy atom. The van der Waals surface area contributed by atoms with Gasteiger partial charge in [-0.25, -0.2) is 0 Å². The summed E-state index contributed by atoms with van der Waals surface area (Å²) >= 11 is 0. The van der Waals surface area contributed by atoms with Crippen LogP contribution in [0.3, 0.4) is 0 Å². The number of aliphatic carboxylic acids is 2. The fraction of sp³-hybridized carbons (Fsp3) is 0.556. The van der Waals surface area contributed by atoms with E-state index in [9.17, 15) is 9.59 Å². The second-order valence-corrected chi connectivity index (χ2v) is 2.61. The number of hydrogen-bond acceptors (Lipinski definition) is 3. The van der Waals surface area contributed by atoms with E-state index in [1.54, 1.807) is 13.8 Å². The van der Waals surface area contributed by atoms with Crippen molar-refractivity contribution >= 4 is 11.9 Å². The minimum atomic E-state index is -1.51. The molecular formula is C9H14O5. The minimum Gasteiger partial charge on any atom is -0.501 e. The van der Waals surface area contributed by atoms with Crippen molar-refractivity contribution in [3.05, 3.63) is 11.8 Å². The topological polar surface area (TPSA) is 83.8 Å². The van der Waals surface area contributed by atoms with Crippen LogP contribution in [0, 0.1) is 5.92 Å². The highest BCUT2D eigenvalue weighted by Crippen LogP contribution is 2.15. The van der Waals surface area contributed by atoms with Crippen LogP contribution in [0.15, 0.2) is 11.8 Å². The molecule has 0 amide bonds. The predicted octanol–water partition coefficient (Wildman–Crippen LogP) is 1.10. The van der Waals surface area contributed by atoms with Crippen molar-refractivity contribution in [1.29, 1.82) is 0 Å². The number of carbonyl (C=O) groups is 2. The highest BCUT2D eigenvalue weighted by molar-refractivity contribution is 5.96. The van der Waals surface area contributed by atoms with Gasteiger partial charge in [0.2, 0.25) is 0 Å². The minimum absolute atomic E-state index is 0.256. The summed E-state index contributed by atoms with van der Waals surface area (Å²) in [5.41, 5.74) is 0.256. The van der Waals surface area contributed by atoms with Gasteiger partial charge in [0, 0.05) is 0 Å².